The number of nitrogens with one attached hydrogen (secondary N) is 3. The molecule has 3 amide bonds. The topological polar surface area (TPSA) is 235 Å². The third-order valence-corrected chi connectivity index (χ3v) is 9.34. The van der Waals surface area contributed by atoms with E-state index in [9.17, 15) is 44.1 Å². The van der Waals surface area contributed by atoms with Crippen LogP contribution in [0.25, 0.3) is 0 Å². The van der Waals surface area contributed by atoms with Crippen LogP contribution in [0, 0.1) is 35.5 Å². The molecule has 16 heteroatoms. The molecule has 3 aliphatic rings. The fourth-order valence-electron chi connectivity index (χ4n) is 6.43. The van der Waals surface area contributed by atoms with Crippen LogP contribution < -0.4 is 31.3 Å². The van der Waals surface area contributed by atoms with E-state index in [-0.39, 0.29) is 34.8 Å². The first-order chi connectivity index (χ1) is 24.8. The molecule has 55 heavy (non-hydrogen) atoms. The van der Waals surface area contributed by atoms with Gasteiger partial charge in [-0.05, 0) is 175 Å². The monoisotopic (exact) mass is 824 g/mol. The number of rotatable bonds is 9. The molecule has 1 radical (unpaired) electrons. The van der Waals surface area contributed by atoms with Gasteiger partial charge in [0.15, 0.2) is 0 Å². The summed E-state index contributed by atoms with van der Waals surface area (Å²) in [7, 11) is 0. The number of ether oxygens (including phenoxy) is 3. The van der Waals surface area contributed by atoms with Crippen LogP contribution in [0.3, 0.4) is 0 Å². The molecule has 3 saturated carbocycles. The third kappa shape index (κ3) is 25.5. The molecule has 0 bridgehead atoms. The fraction of sp³-hybridized carbons (Fsp3) is 0.846. The van der Waals surface area contributed by atoms with Gasteiger partial charge in [0.25, 0.3) is 0 Å². The number of carboxylic acid groups (broad SMARTS) is 3. The van der Waals surface area contributed by atoms with E-state index >= 15 is 0 Å². The van der Waals surface area contributed by atoms with Crippen molar-refractivity contribution in [3.8, 4) is 0 Å². The summed E-state index contributed by atoms with van der Waals surface area (Å²) in [5.74, 6) is -2.78. The van der Waals surface area contributed by atoms with E-state index in [0.717, 1.165) is 38.5 Å². The number of carbonyl (C=O) groups is 6. The molecule has 0 saturated heterocycles. The number of amides is 3. The maximum Gasteiger partial charge on any atom is 3.00 e. The molecule has 0 atom stereocenters. The Morgan fingerprint density at radius 1 is 0.418 bits per heavy atom. The molecule has 3 N–H and O–H groups in total. The number of carboxylic acids is 3. The summed E-state index contributed by atoms with van der Waals surface area (Å²) < 4.78 is 15.4. The average Bonchev–Trinajstić information content (AvgIpc) is 3.04. The third-order valence-electron chi connectivity index (χ3n) is 9.34. The van der Waals surface area contributed by atoms with Gasteiger partial charge in [0.1, 0.15) is 16.8 Å². The zero-order valence-corrected chi connectivity index (χ0v) is 35.4. The SMILES string of the molecule is CC(C)(C)OC(=O)NCC1CCC(C(=O)[O-])CC1.CC(C)(C)OC(=O)NCC1CCC(C(=O)[O-])CC1.CC(C)(C)OC(=O)NCC1CCC(C(=O)[O-])CC1.[Fe+3]. The van der Waals surface area contributed by atoms with E-state index in [1.54, 1.807) is 0 Å². The van der Waals surface area contributed by atoms with Crippen molar-refractivity contribution in [3.05, 3.63) is 0 Å². The van der Waals surface area contributed by atoms with E-state index in [1.807, 2.05) is 62.3 Å². The zero-order chi connectivity index (χ0) is 41.3. The molecule has 3 aliphatic carbocycles. The standard InChI is InChI=1S/3C13H23NO4.Fe/c3*1-13(2,3)18-12(17)14-8-9-4-6-10(7-5-9)11(15)16;/h3*9-10H,4-8H2,1-3H3,(H,14,17)(H,15,16);/q;;;+3/p-3. The minimum absolute atomic E-state index is 0. The average molecular weight is 825 g/mol. The molecule has 0 unspecified atom stereocenters. The Bertz CT molecular complexity index is 1060. The van der Waals surface area contributed by atoms with E-state index < -0.39 is 53.0 Å². The first-order valence-corrected chi connectivity index (χ1v) is 19.4. The van der Waals surface area contributed by atoms with Crippen molar-refractivity contribution in [2.24, 2.45) is 35.5 Å². The van der Waals surface area contributed by atoms with Gasteiger partial charge in [0.05, 0.1) is 0 Å². The predicted octanol–water partition coefficient (Wildman–Crippen LogP) is 3.20. The van der Waals surface area contributed by atoms with Crippen molar-refractivity contribution >= 4 is 36.2 Å². The zero-order valence-electron chi connectivity index (χ0n) is 34.3. The molecule has 0 aromatic carbocycles. The number of carbonyl (C=O) groups excluding carboxylic acids is 6. The van der Waals surface area contributed by atoms with Gasteiger partial charge in [-0.3, -0.25) is 0 Å². The van der Waals surface area contributed by atoms with Crippen LogP contribution in [-0.2, 0) is 45.7 Å². The molecule has 0 heterocycles. The summed E-state index contributed by atoms with van der Waals surface area (Å²) >= 11 is 0. The van der Waals surface area contributed by atoms with Crippen molar-refractivity contribution in [2.45, 2.75) is 156 Å². The van der Waals surface area contributed by atoms with Crippen molar-refractivity contribution in [1.82, 2.24) is 16.0 Å². The van der Waals surface area contributed by atoms with Gasteiger partial charge < -0.3 is 59.9 Å². The Kier molecular flexibility index (Phi) is 22.9. The van der Waals surface area contributed by atoms with Gasteiger partial charge in [-0.1, -0.05) is 0 Å². The molecule has 0 aromatic rings. The molecule has 317 valence electrons. The Hall–Kier alpha value is -3.26. The minimum Gasteiger partial charge on any atom is -0.550 e. The normalized spacial score (nSPS) is 23.9. The van der Waals surface area contributed by atoms with Crippen LogP contribution in [0.5, 0.6) is 0 Å². The summed E-state index contributed by atoms with van der Waals surface area (Å²) in [6, 6.07) is 0. The largest absolute Gasteiger partial charge is 3.00 e. The van der Waals surface area contributed by atoms with Gasteiger partial charge >= 0.3 is 35.3 Å². The molecular weight excluding hydrogens is 758 g/mol. The second kappa shape index (κ2) is 24.4. The molecular formula is C39H66FeN3O12. The predicted molar refractivity (Wildman–Crippen MR) is 194 cm³/mol. The van der Waals surface area contributed by atoms with Crippen LogP contribution in [0.15, 0.2) is 0 Å². The van der Waals surface area contributed by atoms with Crippen molar-refractivity contribution in [3.63, 3.8) is 0 Å². The van der Waals surface area contributed by atoms with Crippen molar-refractivity contribution in [1.29, 1.82) is 0 Å². The molecule has 0 spiro atoms. The Balaban J connectivity index is 0.000000788. The molecule has 0 aliphatic heterocycles. The molecule has 0 aromatic heterocycles. The maximum absolute atomic E-state index is 11.4. The minimum atomic E-state index is -0.950. The van der Waals surface area contributed by atoms with Gasteiger partial charge in [0, 0.05) is 37.5 Å². The number of hydrogen-bond acceptors (Lipinski definition) is 12. The summed E-state index contributed by atoms with van der Waals surface area (Å²) in [5.41, 5.74) is -1.47. The van der Waals surface area contributed by atoms with Crippen LogP contribution >= 0.6 is 0 Å². The van der Waals surface area contributed by atoms with E-state index in [2.05, 4.69) is 16.0 Å². The van der Waals surface area contributed by atoms with Gasteiger partial charge in [-0.15, -0.1) is 0 Å². The number of aliphatic carboxylic acids is 3. The smallest absolute Gasteiger partial charge is 0.550 e. The second-order valence-electron chi connectivity index (χ2n) is 17.8. The molecule has 3 rings (SSSR count). The first-order valence-electron chi connectivity index (χ1n) is 19.4. The van der Waals surface area contributed by atoms with Crippen LogP contribution in [0.4, 0.5) is 14.4 Å². The summed E-state index contributed by atoms with van der Waals surface area (Å²) in [6.07, 6.45) is 7.50. The Labute approximate surface area is 338 Å². The van der Waals surface area contributed by atoms with E-state index in [4.69, 9.17) is 14.2 Å². The fourth-order valence-corrected chi connectivity index (χ4v) is 6.43. The number of alkyl carbamates (subject to hydrolysis) is 3. The van der Waals surface area contributed by atoms with Gasteiger partial charge in [0.2, 0.25) is 0 Å². The van der Waals surface area contributed by atoms with Crippen molar-refractivity contribution < 1.29 is 75.4 Å². The van der Waals surface area contributed by atoms with Gasteiger partial charge in [-0.2, -0.15) is 0 Å². The molecule has 3 fully saturated rings. The van der Waals surface area contributed by atoms with Crippen molar-refractivity contribution in [2.75, 3.05) is 19.6 Å². The van der Waals surface area contributed by atoms with E-state index in [0.29, 0.717) is 75.9 Å². The summed E-state index contributed by atoms with van der Waals surface area (Å²) in [5, 5.41) is 40.2. The van der Waals surface area contributed by atoms with E-state index in [1.165, 1.54) is 0 Å². The maximum atomic E-state index is 11.4. The summed E-state index contributed by atoms with van der Waals surface area (Å²) in [4.78, 5) is 66.4. The van der Waals surface area contributed by atoms with Crippen LogP contribution in [0.2, 0.25) is 0 Å². The Morgan fingerprint density at radius 2 is 0.600 bits per heavy atom. The quantitative estimate of drug-likeness (QED) is 0.225. The first kappa shape index (κ1) is 51.7. The molecule has 15 nitrogen and oxygen atoms in total. The van der Waals surface area contributed by atoms with Crippen LogP contribution in [-0.4, -0.2) is 72.6 Å². The number of hydrogen-bond donors (Lipinski definition) is 3. The summed E-state index contributed by atoms with van der Waals surface area (Å²) in [6.45, 7) is 18.0. The second-order valence-corrected chi connectivity index (χ2v) is 17.8. The van der Waals surface area contributed by atoms with Crippen LogP contribution in [0.1, 0.15) is 139 Å². The Morgan fingerprint density at radius 3 is 0.745 bits per heavy atom. The van der Waals surface area contributed by atoms with Gasteiger partial charge in [-0.25, -0.2) is 14.4 Å².